The molecule has 3 aliphatic carbocycles. The molecule has 0 aromatic rings. The first-order valence-electron chi connectivity index (χ1n) is 10.9. The SMILES string of the molecule is CCCCC(=O)O[C@@H]1CCC2C(CCC3C[C@H](CCC)CCC32)C1. The van der Waals surface area contributed by atoms with Gasteiger partial charge in [0.15, 0.2) is 0 Å². The molecule has 0 spiro atoms. The van der Waals surface area contributed by atoms with Gasteiger partial charge >= 0.3 is 5.97 Å². The maximum absolute atomic E-state index is 11.9. The molecular formula is C22H38O2. The smallest absolute Gasteiger partial charge is 0.306 e. The van der Waals surface area contributed by atoms with Crippen molar-refractivity contribution in [1.29, 1.82) is 0 Å². The van der Waals surface area contributed by atoms with E-state index in [0.29, 0.717) is 6.42 Å². The summed E-state index contributed by atoms with van der Waals surface area (Å²) in [5.41, 5.74) is 0. The minimum atomic E-state index is 0.0501. The van der Waals surface area contributed by atoms with Crippen LogP contribution in [0.2, 0.25) is 0 Å². The van der Waals surface area contributed by atoms with E-state index in [-0.39, 0.29) is 12.1 Å². The molecule has 3 fully saturated rings. The van der Waals surface area contributed by atoms with Crippen LogP contribution in [0, 0.1) is 29.6 Å². The van der Waals surface area contributed by atoms with E-state index in [4.69, 9.17) is 4.74 Å². The Morgan fingerprint density at radius 1 is 0.875 bits per heavy atom. The second-order valence-electron chi connectivity index (χ2n) is 8.92. The van der Waals surface area contributed by atoms with Crippen LogP contribution in [0.25, 0.3) is 0 Å². The van der Waals surface area contributed by atoms with E-state index in [1.807, 2.05) is 0 Å². The molecular weight excluding hydrogens is 296 g/mol. The number of unbranched alkanes of at least 4 members (excludes halogenated alkanes) is 1. The lowest BCUT2D eigenvalue weighted by Crippen LogP contribution is -2.43. The summed E-state index contributed by atoms with van der Waals surface area (Å²) in [6.45, 7) is 4.47. The standard InChI is InChI=1S/C22H38O2/c1-3-5-7-22(23)24-19-11-13-21-18(15-19)10-9-17-14-16(6-4-2)8-12-20(17)21/h16-21H,3-15H2,1-2H3/t16-,17?,18?,19-,20?,21?/m1/s1. The van der Waals surface area contributed by atoms with Gasteiger partial charge in [-0.05, 0) is 81.0 Å². The average Bonchev–Trinajstić information content (AvgIpc) is 2.59. The van der Waals surface area contributed by atoms with E-state index in [9.17, 15) is 4.79 Å². The van der Waals surface area contributed by atoms with Crippen LogP contribution in [0.5, 0.6) is 0 Å². The lowest BCUT2D eigenvalue weighted by Gasteiger charge is -2.50. The second-order valence-corrected chi connectivity index (χ2v) is 8.92. The Hall–Kier alpha value is -0.530. The van der Waals surface area contributed by atoms with E-state index in [0.717, 1.165) is 55.3 Å². The molecule has 0 aromatic heterocycles. The van der Waals surface area contributed by atoms with Crippen LogP contribution in [-0.4, -0.2) is 12.1 Å². The van der Waals surface area contributed by atoms with Crippen molar-refractivity contribution < 1.29 is 9.53 Å². The Kier molecular flexibility index (Phi) is 6.63. The third-order valence-electron chi connectivity index (χ3n) is 7.33. The van der Waals surface area contributed by atoms with Gasteiger partial charge in [0.2, 0.25) is 0 Å². The number of hydrogen-bond donors (Lipinski definition) is 0. The number of fused-ring (bicyclic) bond motifs is 3. The van der Waals surface area contributed by atoms with Gasteiger partial charge in [-0.25, -0.2) is 0 Å². The van der Waals surface area contributed by atoms with Crippen molar-refractivity contribution in [2.45, 2.75) is 103 Å². The normalized spacial score (nSPS) is 38.9. The maximum Gasteiger partial charge on any atom is 0.306 e. The van der Waals surface area contributed by atoms with Crippen molar-refractivity contribution in [2.24, 2.45) is 29.6 Å². The summed E-state index contributed by atoms with van der Waals surface area (Å²) >= 11 is 0. The predicted molar refractivity (Wildman–Crippen MR) is 98.7 cm³/mol. The molecule has 2 nitrogen and oxygen atoms in total. The van der Waals surface area contributed by atoms with Crippen molar-refractivity contribution in [3.8, 4) is 0 Å². The summed E-state index contributed by atoms with van der Waals surface area (Å²) in [6.07, 6.45) is 16.6. The first kappa shape index (κ1) is 18.3. The third-order valence-corrected chi connectivity index (χ3v) is 7.33. The zero-order valence-corrected chi connectivity index (χ0v) is 16.0. The van der Waals surface area contributed by atoms with Crippen LogP contribution in [0.15, 0.2) is 0 Å². The van der Waals surface area contributed by atoms with E-state index < -0.39 is 0 Å². The van der Waals surface area contributed by atoms with Gasteiger partial charge in [0.1, 0.15) is 6.10 Å². The van der Waals surface area contributed by atoms with Crippen LogP contribution in [0.1, 0.15) is 97.3 Å². The fraction of sp³-hybridized carbons (Fsp3) is 0.955. The fourth-order valence-corrected chi connectivity index (χ4v) is 6.19. The highest BCUT2D eigenvalue weighted by atomic mass is 16.5. The molecule has 0 heterocycles. The summed E-state index contributed by atoms with van der Waals surface area (Å²) in [7, 11) is 0. The highest BCUT2D eigenvalue weighted by Gasteiger charge is 2.44. The van der Waals surface area contributed by atoms with E-state index >= 15 is 0 Å². The van der Waals surface area contributed by atoms with E-state index in [1.165, 1.54) is 51.4 Å². The highest BCUT2D eigenvalue weighted by molar-refractivity contribution is 5.69. The number of carbonyl (C=O) groups excluding carboxylic acids is 1. The van der Waals surface area contributed by atoms with Gasteiger partial charge in [-0.15, -0.1) is 0 Å². The number of hydrogen-bond acceptors (Lipinski definition) is 2. The molecule has 4 unspecified atom stereocenters. The molecule has 0 bridgehead atoms. The molecule has 0 radical (unpaired) electrons. The molecule has 0 aliphatic heterocycles. The van der Waals surface area contributed by atoms with Gasteiger partial charge in [-0.3, -0.25) is 4.79 Å². The molecule has 24 heavy (non-hydrogen) atoms. The van der Waals surface area contributed by atoms with Crippen LogP contribution in [0.4, 0.5) is 0 Å². The predicted octanol–water partition coefficient (Wildman–Crippen LogP) is 6.13. The van der Waals surface area contributed by atoms with Crippen LogP contribution >= 0.6 is 0 Å². The molecule has 3 rings (SSSR count). The van der Waals surface area contributed by atoms with Crippen molar-refractivity contribution >= 4 is 5.97 Å². The Labute approximate surface area is 149 Å². The van der Waals surface area contributed by atoms with Gasteiger partial charge in [0.05, 0.1) is 0 Å². The molecule has 3 saturated carbocycles. The molecule has 0 amide bonds. The third kappa shape index (κ3) is 4.35. The average molecular weight is 335 g/mol. The zero-order valence-electron chi connectivity index (χ0n) is 16.0. The first-order valence-corrected chi connectivity index (χ1v) is 10.9. The number of ether oxygens (including phenoxy) is 1. The summed E-state index contributed by atoms with van der Waals surface area (Å²) in [4.78, 5) is 11.9. The van der Waals surface area contributed by atoms with Crippen molar-refractivity contribution in [3.63, 3.8) is 0 Å². The van der Waals surface area contributed by atoms with E-state index in [1.54, 1.807) is 0 Å². The van der Waals surface area contributed by atoms with Crippen LogP contribution < -0.4 is 0 Å². The Balaban J connectivity index is 1.49. The highest BCUT2D eigenvalue weighted by Crippen LogP contribution is 2.53. The summed E-state index contributed by atoms with van der Waals surface area (Å²) in [6, 6.07) is 0. The lowest BCUT2D eigenvalue weighted by molar-refractivity contribution is -0.153. The number of esters is 1. The Morgan fingerprint density at radius 3 is 2.29 bits per heavy atom. The minimum Gasteiger partial charge on any atom is -0.462 e. The lowest BCUT2D eigenvalue weighted by atomic mass is 9.56. The molecule has 3 aliphatic rings. The fourth-order valence-electron chi connectivity index (χ4n) is 6.19. The molecule has 0 N–H and O–H groups in total. The van der Waals surface area contributed by atoms with Crippen LogP contribution in [0.3, 0.4) is 0 Å². The quantitative estimate of drug-likeness (QED) is 0.546. The maximum atomic E-state index is 11.9. The molecule has 6 atom stereocenters. The van der Waals surface area contributed by atoms with Gasteiger partial charge in [-0.2, -0.15) is 0 Å². The monoisotopic (exact) mass is 334 g/mol. The van der Waals surface area contributed by atoms with Crippen molar-refractivity contribution in [1.82, 2.24) is 0 Å². The topological polar surface area (TPSA) is 26.3 Å². The Morgan fingerprint density at radius 2 is 1.58 bits per heavy atom. The molecule has 0 saturated heterocycles. The van der Waals surface area contributed by atoms with Gasteiger partial charge in [0.25, 0.3) is 0 Å². The van der Waals surface area contributed by atoms with Gasteiger partial charge < -0.3 is 4.74 Å². The first-order chi connectivity index (χ1) is 11.7. The van der Waals surface area contributed by atoms with Crippen LogP contribution in [-0.2, 0) is 9.53 Å². The minimum absolute atomic E-state index is 0.0501. The summed E-state index contributed by atoms with van der Waals surface area (Å²) < 4.78 is 5.79. The zero-order chi connectivity index (χ0) is 16.9. The van der Waals surface area contributed by atoms with Crippen molar-refractivity contribution in [3.05, 3.63) is 0 Å². The van der Waals surface area contributed by atoms with Gasteiger partial charge in [-0.1, -0.05) is 39.5 Å². The molecule has 138 valence electrons. The molecule has 2 heteroatoms. The number of rotatable bonds is 6. The van der Waals surface area contributed by atoms with Crippen molar-refractivity contribution in [2.75, 3.05) is 0 Å². The van der Waals surface area contributed by atoms with Gasteiger partial charge in [0, 0.05) is 6.42 Å². The molecule has 0 aromatic carbocycles. The summed E-state index contributed by atoms with van der Waals surface area (Å²) in [5, 5.41) is 0. The number of carbonyl (C=O) groups is 1. The largest absolute Gasteiger partial charge is 0.462 e. The second kappa shape index (κ2) is 8.72. The Bertz CT molecular complexity index is 405. The van der Waals surface area contributed by atoms with E-state index in [2.05, 4.69) is 13.8 Å². The summed E-state index contributed by atoms with van der Waals surface area (Å²) in [5.74, 6) is 4.86.